The Morgan fingerprint density at radius 1 is 1.07 bits per heavy atom. The molecule has 0 saturated heterocycles. The predicted molar refractivity (Wildman–Crippen MR) is 62.1 cm³/mol. The molecular formula is C10H23NO3S. The van der Waals surface area contributed by atoms with Crippen molar-refractivity contribution in [2.75, 3.05) is 6.54 Å². The normalized spacial score (nSPS) is 13.1. The van der Waals surface area contributed by atoms with Crippen molar-refractivity contribution in [3.8, 4) is 0 Å². The third kappa shape index (κ3) is 13.9. The van der Waals surface area contributed by atoms with Gasteiger partial charge in [0, 0.05) is 6.54 Å². The zero-order valence-corrected chi connectivity index (χ0v) is 10.7. The lowest BCUT2D eigenvalue weighted by Gasteiger charge is -2.17. The van der Waals surface area contributed by atoms with Gasteiger partial charge in [0.1, 0.15) is 0 Å². The fraction of sp³-hybridized carbons (Fsp3) is 1.00. The molecule has 0 amide bonds. The highest BCUT2D eigenvalue weighted by molar-refractivity contribution is 7.83. The molecule has 92 valence electrons. The van der Waals surface area contributed by atoms with Gasteiger partial charge in [0.25, 0.3) is 0 Å². The quantitative estimate of drug-likeness (QED) is 0.527. The topological polar surface area (TPSA) is 66.4 Å². The van der Waals surface area contributed by atoms with Gasteiger partial charge in [-0.15, -0.1) is 0 Å². The molecule has 2 N–H and O–H groups in total. The molecule has 0 aliphatic rings. The first-order valence-corrected chi connectivity index (χ1v) is 6.87. The lowest BCUT2D eigenvalue weighted by Crippen LogP contribution is -2.23. The predicted octanol–water partition coefficient (Wildman–Crippen LogP) is 2.38. The van der Waals surface area contributed by atoms with E-state index >= 15 is 0 Å². The van der Waals surface area contributed by atoms with Crippen LogP contribution in [-0.2, 0) is 10.3 Å². The zero-order valence-electron chi connectivity index (χ0n) is 9.91. The molecule has 0 aromatic carbocycles. The average molecular weight is 237 g/mol. The lowest BCUT2D eigenvalue weighted by atomic mass is 9.89. The van der Waals surface area contributed by atoms with Crippen molar-refractivity contribution < 1.29 is 13.0 Å². The van der Waals surface area contributed by atoms with Crippen molar-refractivity contribution >= 4 is 10.3 Å². The van der Waals surface area contributed by atoms with E-state index in [-0.39, 0.29) is 0 Å². The number of unbranched alkanes of at least 4 members (excludes halogenated alkanes) is 3. The maximum atomic E-state index is 10.3. The van der Waals surface area contributed by atoms with Gasteiger partial charge in [-0.25, -0.2) is 0 Å². The third-order valence-corrected chi connectivity index (χ3v) is 2.71. The van der Waals surface area contributed by atoms with Crippen LogP contribution >= 0.6 is 0 Å². The first-order chi connectivity index (χ1) is 6.71. The highest BCUT2D eigenvalue weighted by Crippen LogP contribution is 2.22. The van der Waals surface area contributed by atoms with Crippen LogP contribution in [0.5, 0.6) is 0 Å². The summed E-state index contributed by atoms with van der Waals surface area (Å²) in [5, 5.41) is 0. The minimum atomic E-state index is -3.99. The standard InChI is InChI=1S/C10H23NO3S/c1-10(2,3)8-6-4-5-7-9-11-15(12,13)14/h11H,4-9H2,1-3H3,(H,12,13,14). The van der Waals surface area contributed by atoms with Gasteiger partial charge in [0.05, 0.1) is 0 Å². The lowest BCUT2D eigenvalue weighted by molar-refractivity contribution is 0.357. The largest absolute Gasteiger partial charge is 0.333 e. The highest BCUT2D eigenvalue weighted by Gasteiger charge is 2.08. The van der Waals surface area contributed by atoms with Crippen molar-refractivity contribution in [3.05, 3.63) is 0 Å². The number of hydrogen-bond donors (Lipinski definition) is 2. The molecule has 0 aliphatic heterocycles. The van der Waals surface area contributed by atoms with E-state index in [0.29, 0.717) is 12.0 Å². The summed E-state index contributed by atoms with van der Waals surface area (Å²) in [6.45, 7) is 6.97. The molecular weight excluding hydrogens is 214 g/mol. The Kier molecular flexibility index (Phi) is 6.40. The van der Waals surface area contributed by atoms with Crippen LogP contribution in [0.25, 0.3) is 0 Å². The van der Waals surface area contributed by atoms with Crippen molar-refractivity contribution in [1.29, 1.82) is 0 Å². The molecule has 0 spiro atoms. The zero-order chi connectivity index (χ0) is 11.9. The van der Waals surface area contributed by atoms with E-state index < -0.39 is 10.3 Å². The minimum absolute atomic E-state index is 0.328. The van der Waals surface area contributed by atoms with Crippen LogP contribution in [0.3, 0.4) is 0 Å². The van der Waals surface area contributed by atoms with E-state index in [0.717, 1.165) is 19.3 Å². The SMILES string of the molecule is CC(C)(C)CCCCCCNS(=O)(=O)O. The molecule has 0 heterocycles. The second-order valence-corrected chi connectivity index (χ2v) is 6.33. The molecule has 0 saturated carbocycles. The van der Waals surface area contributed by atoms with Crippen LogP contribution in [0.2, 0.25) is 0 Å². The van der Waals surface area contributed by atoms with E-state index in [1.54, 1.807) is 0 Å². The van der Waals surface area contributed by atoms with E-state index in [4.69, 9.17) is 4.55 Å². The summed E-state index contributed by atoms with van der Waals surface area (Å²) in [6.07, 6.45) is 5.26. The van der Waals surface area contributed by atoms with Crippen molar-refractivity contribution in [2.45, 2.75) is 52.9 Å². The molecule has 0 aromatic heterocycles. The second-order valence-electron chi connectivity index (χ2n) is 5.09. The second kappa shape index (κ2) is 6.45. The summed E-state index contributed by atoms with van der Waals surface area (Å²) in [5.74, 6) is 0. The van der Waals surface area contributed by atoms with Crippen LogP contribution in [-0.4, -0.2) is 19.5 Å². The molecule has 5 heteroatoms. The van der Waals surface area contributed by atoms with Gasteiger partial charge in [0.2, 0.25) is 0 Å². The maximum Gasteiger partial charge on any atom is 0.333 e. The van der Waals surface area contributed by atoms with Gasteiger partial charge in [-0.2, -0.15) is 13.1 Å². The van der Waals surface area contributed by atoms with Crippen LogP contribution in [0.4, 0.5) is 0 Å². The Morgan fingerprint density at radius 3 is 2.07 bits per heavy atom. The summed E-state index contributed by atoms with van der Waals surface area (Å²) in [4.78, 5) is 0. The molecule has 0 radical (unpaired) electrons. The Balaban J connectivity index is 3.27. The Bertz CT molecular complexity index is 254. The molecule has 0 aliphatic carbocycles. The summed E-state index contributed by atoms with van der Waals surface area (Å²) in [6, 6.07) is 0. The number of rotatable bonds is 7. The van der Waals surface area contributed by atoms with Gasteiger partial charge < -0.3 is 0 Å². The minimum Gasteiger partial charge on any atom is -0.273 e. The fourth-order valence-electron chi connectivity index (χ4n) is 1.34. The summed E-state index contributed by atoms with van der Waals surface area (Å²) in [7, 11) is -3.99. The highest BCUT2D eigenvalue weighted by atomic mass is 32.2. The Labute approximate surface area is 93.3 Å². The molecule has 0 bridgehead atoms. The first kappa shape index (κ1) is 14.9. The smallest absolute Gasteiger partial charge is 0.273 e. The summed E-state index contributed by atoms with van der Waals surface area (Å²) >= 11 is 0. The third-order valence-electron chi connectivity index (χ3n) is 2.14. The van der Waals surface area contributed by atoms with Crippen LogP contribution in [0.15, 0.2) is 0 Å². The van der Waals surface area contributed by atoms with Gasteiger partial charge in [-0.1, -0.05) is 40.0 Å². The molecule has 0 rings (SSSR count). The molecule has 15 heavy (non-hydrogen) atoms. The summed E-state index contributed by atoms with van der Waals surface area (Å²) < 4.78 is 31.0. The van der Waals surface area contributed by atoms with Gasteiger partial charge in [-0.05, 0) is 18.3 Å². The van der Waals surface area contributed by atoms with Gasteiger partial charge >= 0.3 is 10.3 Å². The van der Waals surface area contributed by atoms with E-state index in [9.17, 15) is 8.42 Å². The Morgan fingerprint density at radius 2 is 1.60 bits per heavy atom. The number of nitrogens with one attached hydrogen (secondary N) is 1. The molecule has 0 atom stereocenters. The van der Waals surface area contributed by atoms with E-state index in [1.807, 2.05) is 0 Å². The van der Waals surface area contributed by atoms with Gasteiger partial charge in [0.15, 0.2) is 0 Å². The van der Waals surface area contributed by atoms with Crippen molar-refractivity contribution in [3.63, 3.8) is 0 Å². The molecule has 4 nitrogen and oxygen atoms in total. The van der Waals surface area contributed by atoms with E-state index in [1.165, 1.54) is 12.8 Å². The number of hydrogen-bond acceptors (Lipinski definition) is 2. The molecule has 0 aromatic rings. The molecule has 0 unspecified atom stereocenters. The van der Waals surface area contributed by atoms with Crippen LogP contribution < -0.4 is 4.72 Å². The van der Waals surface area contributed by atoms with E-state index in [2.05, 4.69) is 25.5 Å². The first-order valence-electron chi connectivity index (χ1n) is 5.43. The van der Waals surface area contributed by atoms with Crippen molar-refractivity contribution in [2.24, 2.45) is 5.41 Å². The monoisotopic (exact) mass is 237 g/mol. The molecule has 0 fully saturated rings. The fourth-order valence-corrected chi connectivity index (χ4v) is 1.74. The van der Waals surface area contributed by atoms with Crippen LogP contribution in [0.1, 0.15) is 52.9 Å². The van der Waals surface area contributed by atoms with Crippen LogP contribution in [0, 0.1) is 5.41 Å². The summed E-state index contributed by atoms with van der Waals surface area (Å²) in [5.41, 5.74) is 0.382. The van der Waals surface area contributed by atoms with Gasteiger partial charge in [-0.3, -0.25) is 4.55 Å². The maximum absolute atomic E-state index is 10.3. The average Bonchev–Trinajstić information content (AvgIpc) is 1.98. The van der Waals surface area contributed by atoms with Crippen molar-refractivity contribution in [1.82, 2.24) is 4.72 Å². The Hall–Kier alpha value is -0.130.